The standard InChI is InChI=1S/C35H32N4S2/c1-6-7-25-23-10-8-22(17-29(23)34-27(13-15-41-34)31(25)37-20(4)40-5)21-9-11-26-28(16-21)24-12-14-36-18-30(24)33-32(26)38-35(39-33)19(2)3/h8-19H,6-7H2,1-5H3,(H,38,39). The third kappa shape index (κ3) is 4.23. The van der Waals surface area contributed by atoms with Crippen LogP contribution in [0.25, 0.3) is 64.6 Å². The molecule has 3 heterocycles. The minimum Gasteiger partial charge on any atom is -0.341 e. The van der Waals surface area contributed by atoms with Crippen LogP contribution in [0.5, 0.6) is 0 Å². The van der Waals surface area contributed by atoms with Gasteiger partial charge in [0.2, 0.25) is 0 Å². The summed E-state index contributed by atoms with van der Waals surface area (Å²) in [6.07, 6.45) is 8.03. The number of thioether (sulfide) groups is 1. The molecule has 204 valence electrons. The van der Waals surface area contributed by atoms with Crippen LogP contribution in [0.1, 0.15) is 51.4 Å². The number of aromatic nitrogens is 3. The lowest BCUT2D eigenvalue weighted by atomic mass is 9.92. The highest BCUT2D eigenvalue weighted by Crippen LogP contribution is 2.44. The molecule has 0 saturated carbocycles. The summed E-state index contributed by atoms with van der Waals surface area (Å²) in [5.41, 5.74) is 7.03. The minimum atomic E-state index is 0.323. The lowest BCUT2D eigenvalue weighted by molar-refractivity contribution is 0.799. The first-order valence-electron chi connectivity index (χ1n) is 14.2. The second kappa shape index (κ2) is 10.3. The molecule has 0 radical (unpaired) electrons. The van der Waals surface area contributed by atoms with E-state index in [-0.39, 0.29) is 0 Å². The first kappa shape index (κ1) is 26.2. The van der Waals surface area contributed by atoms with Gasteiger partial charge in [-0.25, -0.2) is 9.98 Å². The number of nitrogens with zero attached hydrogens (tertiary/aromatic N) is 3. The van der Waals surface area contributed by atoms with Gasteiger partial charge in [0.05, 0.1) is 21.8 Å². The lowest BCUT2D eigenvalue weighted by Crippen LogP contribution is -1.92. The summed E-state index contributed by atoms with van der Waals surface area (Å²) in [7, 11) is 0. The predicted molar refractivity (Wildman–Crippen MR) is 182 cm³/mol. The number of thiophene rings is 1. The molecule has 0 saturated heterocycles. The van der Waals surface area contributed by atoms with Gasteiger partial charge in [-0.3, -0.25) is 4.98 Å². The monoisotopic (exact) mass is 572 g/mol. The van der Waals surface area contributed by atoms with E-state index in [0.717, 1.165) is 45.8 Å². The van der Waals surface area contributed by atoms with Gasteiger partial charge in [-0.15, -0.1) is 23.1 Å². The highest BCUT2D eigenvalue weighted by molar-refractivity contribution is 8.13. The summed E-state index contributed by atoms with van der Waals surface area (Å²) in [6.45, 7) is 8.70. The molecule has 7 aromatic rings. The third-order valence-electron chi connectivity index (χ3n) is 8.12. The number of aliphatic imine (C=N–C) groups is 1. The highest BCUT2D eigenvalue weighted by atomic mass is 32.2. The van der Waals surface area contributed by atoms with Crippen LogP contribution in [0.3, 0.4) is 0 Å². The molecule has 0 spiro atoms. The molecular formula is C35H32N4S2. The van der Waals surface area contributed by atoms with Crippen LogP contribution in [0.2, 0.25) is 0 Å². The number of hydrogen-bond acceptors (Lipinski definition) is 5. The molecule has 0 aliphatic rings. The van der Waals surface area contributed by atoms with Gasteiger partial charge in [0.1, 0.15) is 5.82 Å². The molecule has 0 fully saturated rings. The normalized spacial score (nSPS) is 12.7. The molecule has 4 nitrogen and oxygen atoms in total. The van der Waals surface area contributed by atoms with E-state index in [1.165, 1.54) is 53.7 Å². The van der Waals surface area contributed by atoms with Crippen molar-refractivity contribution in [1.82, 2.24) is 15.0 Å². The van der Waals surface area contributed by atoms with Crippen molar-refractivity contribution in [1.29, 1.82) is 0 Å². The van der Waals surface area contributed by atoms with Gasteiger partial charge >= 0.3 is 0 Å². The number of benzene rings is 4. The Bertz CT molecular complexity index is 2150. The fraction of sp³-hybridized carbons (Fsp3) is 0.229. The van der Waals surface area contributed by atoms with Gasteiger partial charge in [0, 0.05) is 44.6 Å². The van der Waals surface area contributed by atoms with E-state index in [1.54, 1.807) is 11.8 Å². The van der Waals surface area contributed by atoms with E-state index in [2.05, 4.69) is 97.8 Å². The summed E-state index contributed by atoms with van der Waals surface area (Å²) in [4.78, 5) is 18.2. The average molecular weight is 573 g/mol. The maximum atomic E-state index is 5.10. The number of aromatic amines is 1. The molecule has 0 aliphatic carbocycles. The zero-order valence-corrected chi connectivity index (χ0v) is 25.6. The Kier molecular flexibility index (Phi) is 6.56. The molecule has 0 atom stereocenters. The Labute approximate surface area is 247 Å². The second-order valence-electron chi connectivity index (χ2n) is 11.0. The molecule has 0 unspecified atom stereocenters. The zero-order valence-electron chi connectivity index (χ0n) is 24.0. The smallest absolute Gasteiger partial charge is 0.109 e. The van der Waals surface area contributed by atoms with Crippen molar-refractivity contribution in [2.24, 2.45) is 4.99 Å². The number of fused-ring (bicyclic) bond motifs is 9. The van der Waals surface area contributed by atoms with Crippen molar-refractivity contribution in [2.75, 3.05) is 6.26 Å². The molecule has 0 amide bonds. The predicted octanol–water partition coefficient (Wildman–Crippen LogP) is 10.8. The summed E-state index contributed by atoms with van der Waals surface area (Å²) < 4.78 is 1.31. The molecule has 6 heteroatoms. The Hall–Kier alpha value is -3.74. The molecular weight excluding hydrogens is 541 g/mol. The highest BCUT2D eigenvalue weighted by Gasteiger charge is 2.18. The maximum absolute atomic E-state index is 5.10. The SMILES string of the molecule is CCCc1c(N=C(C)SC)c2ccsc2c2cc(-c3ccc4c(c3)c3ccncc3c3nc(C(C)C)[nH]c43)ccc12. The van der Waals surface area contributed by atoms with E-state index in [1.807, 2.05) is 23.7 Å². The van der Waals surface area contributed by atoms with Crippen LogP contribution in [-0.4, -0.2) is 26.3 Å². The Balaban J connectivity index is 1.48. The van der Waals surface area contributed by atoms with Crippen LogP contribution in [0, 0.1) is 0 Å². The Morgan fingerprint density at radius 3 is 2.46 bits per heavy atom. The fourth-order valence-electron chi connectivity index (χ4n) is 6.04. The summed E-state index contributed by atoms with van der Waals surface area (Å²) >= 11 is 3.52. The number of nitrogens with one attached hydrogen (secondary N) is 1. The largest absolute Gasteiger partial charge is 0.341 e. The number of H-pyrrole nitrogens is 1. The van der Waals surface area contributed by atoms with Crippen LogP contribution >= 0.6 is 23.1 Å². The first-order valence-corrected chi connectivity index (χ1v) is 16.3. The molecule has 3 aromatic heterocycles. The average Bonchev–Trinajstić information content (AvgIpc) is 3.67. The number of hydrogen-bond donors (Lipinski definition) is 1. The van der Waals surface area contributed by atoms with E-state index in [9.17, 15) is 0 Å². The number of imidazole rings is 1. The Morgan fingerprint density at radius 2 is 1.71 bits per heavy atom. The van der Waals surface area contributed by atoms with Gasteiger partial charge in [-0.1, -0.05) is 51.5 Å². The molecule has 7 rings (SSSR count). The summed E-state index contributed by atoms with van der Waals surface area (Å²) in [5, 5.41) is 11.9. The van der Waals surface area contributed by atoms with Crippen molar-refractivity contribution in [3.8, 4) is 11.1 Å². The lowest BCUT2D eigenvalue weighted by Gasteiger charge is -2.15. The van der Waals surface area contributed by atoms with Gasteiger partial charge in [0.15, 0.2) is 0 Å². The quantitative estimate of drug-likeness (QED) is 0.127. The third-order valence-corrected chi connectivity index (χ3v) is 9.75. The maximum Gasteiger partial charge on any atom is 0.109 e. The summed E-state index contributed by atoms with van der Waals surface area (Å²) in [5.74, 6) is 1.33. The summed E-state index contributed by atoms with van der Waals surface area (Å²) in [6, 6.07) is 18.2. The van der Waals surface area contributed by atoms with Gasteiger partial charge in [-0.05, 0) is 82.1 Å². The first-order chi connectivity index (χ1) is 20.0. The van der Waals surface area contributed by atoms with Crippen LogP contribution < -0.4 is 0 Å². The van der Waals surface area contributed by atoms with E-state index < -0.39 is 0 Å². The van der Waals surface area contributed by atoms with Crippen LogP contribution in [-0.2, 0) is 6.42 Å². The minimum absolute atomic E-state index is 0.323. The van der Waals surface area contributed by atoms with Crippen molar-refractivity contribution < 1.29 is 0 Å². The number of pyridine rings is 1. The van der Waals surface area contributed by atoms with E-state index >= 15 is 0 Å². The van der Waals surface area contributed by atoms with Crippen LogP contribution in [0.4, 0.5) is 5.69 Å². The van der Waals surface area contributed by atoms with E-state index in [4.69, 9.17) is 9.98 Å². The van der Waals surface area contributed by atoms with E-state index in [0.29, 0.717) is 5.92 Å². The zero-order chi connectivity index (χ0) is 28.2. The van der Waals surface area contributed by atoms with Crippen molar-refractivity contribution in [3.05, 3.63) is 77.7 Å². The van der Waals surface area contributed by atoms with Gasteiger partial charge < -0.3 is 4.98 Å². The fourth-order valence-corrected chi connectivity index (χ4v) is 7.15. The molecule has 41 heavy (non-hydrogen) atoms. The molecule has 1 N–H and O–H groups in total. The number of aryl methyl sites for hydroxylation is 1. The molecule has 0 bridgehead atoms. The topological polar surface area (TPSA) is 53.9 Å². The molecule has 0 aliphatic heterocycles. The van der Waals surface area contributed by atoms with Crippen molar-refractivity contribution in [3.63, 3.8) is 0 Å². The second-order valence-corrected chi connectivity index (χ2v) is 12.9. The number of rotatable bonds is 5. The van der Waals surface area contributed by atoms with Gasteiger partial charge in [-0.2, -0.15) is 0 Å². The van der Waals surface area contributed by atoms with Crippen LogP contribution in [0.15, 0.2) is 71.3 Å². The van der Waals surface area contributed by atoms with Crippen molar-refractivity contribution in [2.45, 2.75) is 46.5 Å². The Morgan fingerprint density at radius 1 is 0.927 bits per heavy atom. The molecule has 4 aromatic carbocycles. The van der Waals surface area contributed by atoms with Gasteiger partial charge in [0.25, 0.3) is 0 Å². The van der Waals surface area contributed by atoms with Crippen molar-refractivity contribution >= 4 is 87.3 Å².